The summed E-state index contributed by atoms with van der Waals surface area (Å²) in [5, 5.41) is -0.0560. The van der Waals surface area contributed by atoms with Crippen LogP contribution in [0.3, 0.4) is 0 Å². The number of nitrogens with zero attached hydrogens (tertiary/aromatic N) is 2. The van der Waals surface area contributed by atoms with Gasteiger partial charge in [-0.25, -0.2) is 4.39 Å². The van der Waals surface area contributed by atoms with E-state index in [4.69, 9.17) is 0 Å². The van der Waals surface area contributed by atoms with Gasteiger partial charge in [0.2, 0.25) is 11.8 Å². The predicted octanol–water partition coefficient (Wildman–Crippen LogP) is 1.32. The SMILES string of the molecule is CCC(=O)N1CC[NH+](CCN2C(=O)[C@H](CC)S[C@H]2c2ccc(F)cc2)CC1. The van der Waals surface area contributed by atoms with Gasteiger partial charge in [-0.2, -0.15) is 0 Å². The number of nitrogens with one attached hydrogen (secondary N) is 1. The minimum Gasteiger partial charge on any atom is -0.331 e. The van der Waals surface area contributed by atoms with Gasteiger partial charge in [0.05, 0.1) is 44.5 Å². The predicted molar refractivity (Wildman–Crippen MR) is 105 cm³/mol. The molecule has 0 unspecified atom stereocenters. The van der Waals surface area contributed by atoms with E-state index in [0.717, 1.165) is 44.7 Å². The number of hydrogen-bond acceptors (Lipinski definition) is 3. The summed E-state index contributed by atoms with van der Waals surface area (Å²) in [6.07, 6.45) is 1.37. The first-order chi connectivity index (χ1) is 13.0. The number of carbonyl (C=O) groups excluding carboxylic acids is 2. The molecule has 0 aliphatic carbocycles. The highest BCUT2D eigenvalue weighted by atomic mass is 32.2. The van der Waals surface area contributed by atoms with Gasteiger partial charge in [0.1, 0.15) is 11.2 Å². The topological polar surface area (TPSA) is 45.1 Å². The van der Waals surface area contributed by atoms with Crippen molar-refractivity contribution in [3.8, 4) is 0 Å². The van der Waals surface area contributed by atoms with Crippen molar-refractivity contribution in [3.05, 3.63) is 35.6 Å². The fourth-order valence-electron chi connectivity index (χ4n) is 3.80. The van der Waals surface area contributed by atoms with E-state index in [-0.39, 0.29) is 28.3 Å². The van der Waals surface area contributed by atoms with Crippen LogP contribution in [-0.4, -0.2) is 66.1 Å². The molecular weight excluding hydrogens is 365 g/mol. The second-order valence-corrected chi connectivity index (χ2v) is 8.49. The average molecular weight is 395 g/mol. The molecule has 27 heavy (non-hydrogen) atoms. The first-order valence-electron chi connectivity index (χ1n) is 9.86. The van der Waals surface area contributed by atoms with Crippen LogP contribution in [0.5, 0.6) is 0 Å². The largest absolute Gasteiger partial charge is 0.331 e. The lowest BCUT2D eigenvalue weighted by Crippen LogP contribution is -3.15. The van der Waals surface area contributed by atoms with Crippen LogP contribution in [0.1, 0.15) is 37.6 Å². The van der Waals surface area contributed by atoms with Crippen molar-refractivity contribution in [1.29, 1.82) is 0 Å². The van der Waals surface area contributed by atoms with E-state index in [1.54, 1.807) is 23.9 Å². The Balaban J connectivity index is 1.60. The third kappa shape index (κ3) is 4.63. The summed E-state index contributed by atoms with van der Waals surface area (Å²) in [5.41, 5.74) is 0.985. The van der Waals surface area contributed by atoms with E-state index in [2.05, 4.69) is 0 Å². The number of halogens is 1. The molecule has 2 saturated heterocycles. The van der Waals surface area contributed by atoms with Crippen molar-refractivity contribution >= 4 is 23.6 Å². The van der Waals surface area contributed by atoms with Crippen molar-refractivity contribution in [2.24, 2.45) is 0 Å². The van der Waals surface area contributed by atoms with Crippen LogP contribution in [0.25, 0.3) is 0 Å². The molecule has 2 aliphatic heterocycles. The number of amides is 2. The summed E-state index contributed by atoms with van der Waals surface area (Å²) in [6, 6.07) is 6.50. The Bertz CT molecular complexity index is 662. The molecular formula is C20H29FN3O2S+. The highest BCUT2D eigenvalue weighted by Gasteiger charge is 2.40. The Kier molecular flexibility index (Phi) is 6.76. The van der Waals surface area contributed by atoms with E-state index < -0.39 is 0 Å². The Morgan fingerprint density at radius 3 is 2.48 bits per heavy atom. The lowest BCUT2D eigenvalue weighted by Gasteiger charge is -2.33. The van der Waals surface area contributed by atoms with Crippen molar-refractivity contribution in [2.45, 2.75) is 37.3 Å². The molecule has 2 fully saturated rings. The van der Waals surface area contributed by atoms with Gasteiger partial charge >= 0.3 is 0 Å². The van der Waals surface area contributed by atoms with Gasteiger partial charge < -0.3 is 14.7 Å². The molecule has 2 atom stereocenters. The van der Waals surface area contributed by atoms with E-state index in [1.807, 2.05) is 23.6 Å². The zero-order valence-electron chi connectivity index (χ0n) is 16.1. The number of rotatable bonds is 6. The summed E-state index contributed by atoms with van der Waals surface area (Å²) in [6.45, 7) is 8.97. The van der Waals surface area contributed by atoms with E-state index in [9.17, 15) is 14.0 Å². The van der Waals surface area contributed by atoms with Gasteiger partial charge in [-0.05, 0) is 24.1 Å². The molecule has 0 aromatic heterocycles. The summed E-state index contributed by atoms with van der Waals surface area (Å²) in [4.78, 5) is 30.0. The maximum absolute atomic E-state index is 13.3. The van der Waals surface area contributed by atoms with Gasteiger partial charge in [-0.15, -0.1) is 11.8 Å². The first-order valence-corrected chi connectivity index (χ1v) is 10.8. The Morgan fingerprint density at radius 1 is 1.22 bits per heavy atom. The van der Waals surface area contributed by atoms with Crippen molar-refractivity contribution < 1.29 is 18.9 Å². The zero-order chi connectivity index (χ0) is 19.4. The monoisotopic (exact) mass is 394 g/mol. The number of piperazine rings is 1. The summed E-state index contributed by atoms with van der Waals surface area (Å²) in [5.74, 6) is 0.161. The van der Waals surface area contributed by atoms with Crippen molar-refractivity contribution in [1.82, 2.24) is 9.80 Å². The summed E-state index contributed by atoms with van der Waals surface area (Å²) in [7, 11) is 0. The summed E-state index contributed by atoms with van der Waals surface area (Å²) >= 11 is 1.67. The van der Waals surface area contributed by atoms with Gasteiger partial charge in [-0.1, -0.05) is 26.0 Å². The Labute approximate surface area is 164 Å². The number of quaternary nitrogens is 1. The van der Waals surface area contributed by atoms with Crippen LogP contribution < -0.4 is 4.90 Å². The highest BCUT2D eigenvalue weighted by Crippen LogP contribution is 2.43. The number of carbonyl (C=O) groups is 2. The van der Waals surface area contributed by atoms with Crippen LogP contribution in [0.2, 0.25) is 0 Å². The average Bonchev–Trinajstić information content (AvgIpc) is 3.02. The fourth-order valence-corrected chi connectivity index (χ4v) is 5.22. The third-order valence-electron chi connectivity index (χ3n) is 5.49. The highest BCUT2D eigenvalue weighted by molar-refractivity contribution is 8.01. The minimum absolute atomic E-state index is 0.0194. The van der Waals surface area contributed by atoms with E-state index >= 15 is 0 Å². The lowest BCUT2D eigenvalue weighted by molar-refractivity contribution is -0.903. The summed E-state index contributed by atoms with van der Waals surface area (Å²) < 4.78 is 13.3. The standard InChI is InChI=1S/C20H28FN3O2S/c1-3-17-19(26)24(20(27-17)15-5-7-16(21)8-6-15)14-11-22-9-12-23(13-10-22)18(25)4-2/h5-8,17,20H,3-4,9-14H2,1-2H3/p+1/t17-,20-/m0/s1. The molecule has 0 spiro atoms. The lowest BCUT2D eigenvalue weighted by atomic mass is 10.2. The minimum atomic E-state index is -0.254. The number of benzene rings is 1. The first kappa shape index (κ1) is 20.1. The van der Waals surface area contributed by atoms with Crippen LogP contribution in [0.15, 0.2) is 24.3 Å². The molecule has 2 amide bonds. The van der Waals surface area contributed by atoms with Crippen LogP contribution in [0.4, 0.5) is 4.39 Å². The third-order valence-corrected chi connectivity index (χ3v) is 7.14. The van der Waals surface area contributed by atoms with Crippen LogP contribution in [-0.2, 0) is 9.59 Å². The van der Waals surface area contributed by atoms with Gasteiger partial charge in [0.25, 0.3) is 0 Å². The van der Waals surface area contributed by atoms with E-state index in [1.165, 1.54) is 17.0 Å². The molecule has 2 heterocycles. The molecule has 1 aromatic rings. The Hall–Kier alpha value is -1.60. The van der Waals surface area contributed by atoms with E-state index in [0.29, 0.717) is 13.0 Å². The second kappa shape index (κ2) is 9.06. The van der Waals surface area contributed by atoms with Crippen LogP contribution in [0, 0.1) is 5.82 Å². The molecule has 148 valence electrons. The molecule has 0 saturated carbocycles. The molecule has 1 aromatic carbocycles. The number of thioether (sulfide) groups is 1. The maximum Gasteiger partial charge on any atom is 0.237 e. The fraction of sp³-hybridized carbons (Fsp3) is 0.600. The second-order valence-electron chi connectivity index (χ2n) is 7.20. The number of hydrogen-bond donors (Lipinski definition) is 1. The van der Waals surface area contributed by atoms with Crippen LogP contribution >= 0.6 is 11.8 Å². The van der Waals surface area contributed by atoms with Crippen molar-refractivity contribution in [2.75, 3.05) is 39.3 Å². The zero-order valence-corrected chi connectivity index (χ0v) is 16.9. The molecule has 2 aliphatic rings. The normalized spacial score (nSPS) is 23.9. The van der Waals surface area contributed by atoms with Gasteiger partial charge in [-0.3, -0.25) is 9.59 Å². The quantitative estimate of drug-likeness (QED) is 0.792. The van der Waals surface area contributed by atoms with Gasteiger partial charge in [0, 0.05) is 6.42 Å². The maximum atomic E-state index is 13.3. The molecule has 0 bridgehead atoms. The Morgan fingerprint density at radius 2 is 1.89 bits per heavy atom. The van der Waals surface area contributed by atoms with Gasteiger partial charge in [0.15, 0.2) is 0 Å². The molecule has 0 radical (unpaired) electrons. The smallest absolute Gasteiger partial charge is 0.237 e. The molecule has 3 rings (SSSR count). The molecule has 7 heteroatoms. The van der Waals surface area contributed by atoms with Crippen molar-refractivity contribution in [3.63, 3.8) is 0 Å². The molecule has 1 N–H and O–H groups in total. The molecule has 5 nitrogen and oxygen atoms in total.